The van der Waals surface area contributed by atoms with Gasteiger partial charge < -0.3 is 5.11 Å². The molecule has 0 unspecified atom stereocenters. The van der Waals surface area contributed by atoms with Crippen LogP contribution in [0.15, 0.2) is 69.9 Å². The number of aryl methyl sites for hydroxylation is 1. The summed E-state index contributed by atoms with van der Waals surface area (Å²) in [6.07, 6.45) is 6.10. The van der Waals surface area contributed by atoms with Crippen molar-refractivity contribution in [3.63, 3.8) is 0 Å². The average Bonchev–Trinajstić information content (AvgIpc) is 2.71. The zero-order valence-electron chi connectivity index (χ0n) is 18.4. The predicted octanol–water partition coefficient (Wildman–Crippen LogP) is 8.27. The fourth-order valence-electron chi connectivity index (χ4n) is 2.42. The molecular formula is C24H30Cl3NO2. The lowest BCUT2D eigenvalue weighted by molar-refractivity contribution is -0.132. The lowest BCUT2D eigenvalue weighted by atomic mass is 10.0. The molecule has 0 fully saturated rings. The van der Waals surface area contributed by atoms with E-state index in [1.54, 1.807) is 25.1 Å². The lowest BCUT2D eigenvalue weighted by Crippen LogP contribution is -2.07. The maximum atomic E-state index is 11.1. The number of hydrogen-bond acceptors (Lipinski definition) is 2. The van der Waals surface area contributed by atoms with Crippen molar-refractivity contribution < 1.29 is 9.90 Å². The topological polar surface area (TPSA) is 49.7 Å². The van der Waals surface area contributed by atoms with Gasteiger partial charge in [-0.3, -0.25) is 4.99 Å². The fraction of sp³-hybridized carbons (Fsp3) is 0.333. The maximum absolute atomic E-state index is 11.1. The van der Waals surface area contributed by atoms with Gasteiger partial charge in [0, 0.05) is 20.8 Å². The molecule has 1 aromatic carbocycles. The first-order chi connectivity index (χ1) is 14.0. The minimum Gasteiger partial charge on any atom is -0.478 e. The second-order valence-corrected chi connectivity index (χ2v) is 8.01. The number of hydrogen-bond donors (Lipinski definition) is 1. The SMILES string of the molecule is C=C\C(Cl)=C/C(=C\C)C(/C)=N/C(=C(\C)C(=O)O)C(C)C.CCc1cc(Cl)ccc1Cl. The Hall–Kier alpha value is -1.81. The number of nitrogens with zero attached hydrogens (tertiary/aromatic N) is 1. The molecule has 6 heteroatoms. The molecule has 0 aromatic heterocycles. The molecular weight excluding hydrogens is 441 g/mol. The second-order valence-electron chi connectivity index (χ2n) is 6.73. The first-order valence-corrected chi connectivity index (χ1v) is 10.7. The number of aliphatic imine (C=N–C) groups is 1. The minimum absolute atomic E-state index is 0.0259. The van der Waals surface area contributed by atoms with Crippen LogP contribution in [0.1, 0.15) is 47.1 Å². The number of allylic oxidation sites excluding steroid dienone is 6. The van der Waals surface area contributed by atoms with Crippen LogP contribution in [0.5, 0.6) is 0 Å². The van der Waals surface area contributed by atoms with E-state index in [1.165, 1.54) is 0 Å². The Labute approximate surface area is 195 Å². The Morgan fingerprint density at radius 1 is 1.27 bits per heavy atom. The Balaban J connectivity index is 0.000000696. The number of halogens is 3. The van der Waals surface area contributed by atoms with E-state index in [2.05, 4.69) is 18.5 Å². The van der Waals surface area contributed by atoms with Gasteiger partial charge in [0.1, 0.15) is 0 Å². The molecule has 1 rings (SSSR count). The third-order valence-corrected chi connectivity index (χ3v) is 5.01. The van der Waals surface area contributed by atoms with Crippen molar-refractivity contribution in [2.75, 3.05) is 0 Å². The van der Waals surface area contributed by atoms with Crippen LogP contribution in [0.3, 0.4) is 0 Å². The summed E-state index contributed by atoms with van der Waals surface area (Å²) in [5, 5.41) is 11.2. The summed E-state index contributed by atoms with van der Waals surface area (Å²) in [7, 11) is 0. The van der Waals surface area contributed by atoms with Crippen molar-refractivity contribution >= 4 is 46.5 Å². The van der Waals surface area contributed by atoms with Crippen molar-refractivity contribution in [1.29, 1.82) is 0 Å². The Kier molecular flexibility index (Phi) is 13.4. The van der Waals surface area contributed by atoms with E-state index in [4.69, 9.17) is 39.9 Å². The number of carboxylic acid groups (broad SMARTS) is 1. The molecule has 0 aliphatic carbocycles. The Morgan fingerprint density at radius 3 is 2.27 bits per heavy atom. The molecule has 1 aromatic rings. The smallest absolute Gasteiger partial charge is 0.333 e. The first-order valence-electron chi connectivity index (χ1n) is 9.57. The molecule has 30 heavy (non-hydrogen) atoms. The van der Waals surface area contributed by atoms with Crippen molar-refractivity contribution in [3.8, 4) is 0 Å². The first kappa shape index (κ1) is 28.2. The summed E-state index contributed by atoms with van der Waals surface area (Å²) in [4.78, 5) is 15.6. The van der Waals surface area contributed by atoms with Gasteiger partial charge in [-0.1, -0.05) is 74.3 Å². The van der Waals surface area contributed by atoms with Gasteiger partial charge in [0.2, 0.25) is 0 Å². The predicted molar refractivity (Wildman–Crippen MR) is 132 cm³/mol. The number of carboxylic acids is 1. The zero-order chi connectivity index (χ0) is 23.4. The molecule has 0 spiro atoms. The van der Waals surface area contributed by atoms with Crippen LogP contribution in [-0.4, -0.2) is 16.8 Å². The third kappa shape index (κ3) is 9.80. The van der Waals surface area contributed by atoms with Crippen LogP contribution >= 0.6 is 34.8 Å². The van der Waals surface area contributed by atoms with Crippen LogP contribution in [0.2, 0.25) is 10.0 Å². The summed E-state index contributed by atoms with van der Waals surface area (Å²) in [6.45, 7) is 14.8. The Morgan fingerprint density at radius 2 is 1.87 bits per heavy atom. The van der Waals surface area contributed by atoms with Crippen molar-refractivity contribution in [2.45, 2.75) is 48.0 Å². The minimum atomic E-state index is -0.952. The van der Waals surface area contributed by atoms with Gasteiger partial charge in [-0.25, -0.2) is 4.79 Å². The van der Waals surface area contributed by atoms with Crippen molar-refractivity contribution in [3.05, 3.63) is 80.5 Å². The van der Waals surface area contributed by atoms with Gasteiger partial charge in [0.15, 0.2) is 0 Å². The monoisotopic (exact) mass is 469 g/mol. The molecule has 0 radical (unpaired) electrons. The van der Waals surface area contributed by atoms with Crippen LogP contribution in [0, 0.1) is 5.92 Å². The number of aliphatic carboxylic acids is 1. The highest BCUT2D eigenvalue weighted by atomic mass is 35.5. The number of benzene rings is 1. The highest BCUT2D eigenvalue weighted by Gasteiger charge is 2.13. The van der Waals surface area contributed by atoms with Crippen LogP contribution in [0.4, 0.5) is 0 Å². The summed E-state index contributed by atoms with van der Waals surface area (Å²) in [5.74, 6) is -0.926. The van der Waals surface area contributed by atoms with Gasteiger partial charge in [-0.2, -0.15) is 0 Å². The quantitative estimate of drug-likeness (QED) is 0.247. The highest BCUT2D eigenvalue weighted by Crippen LogP contribution is 2.21. The average molecular weight is 471 g/mol. The Bertz CT molecular complexity index is 878. The van der Waals surface area contributed by atoms with Gasteiger partial charge in [-0.15, -0.1) is 0 Å². The van der Waals surface area contributed by atoms with E-state index >= 15 is 0 Å². The van der Waals surface area contributed by atoms with E-state index in [-0.39, 0.29) is 11.5 Å². The second kappa shape index (κ2) is 14.2. The molecule has 0 heterocycles. The van der Waals surface area contributed by atoms with E-state index in [0.717, 1.165) is 33.3 Å². The normalized spacial score (nSPS) is 13.5. The highest BCUT2D eigenvalue weighted by molar-refractivity contribution is 6.33. The van der Waals surface area contributed by atoms with E-state index in [9.17, 15) is 4.79 Å². The molecule has 0 amide bonds. The van der Waals surface area contributed by atoms with E-state index in [1.807, 2.05) is 45.9 Å². The summed E-state index contributed by atoms with van der Waals surface area (Å²) >= 11 is 17.5. The molecule has 0 atom stereocenters. The molecule has 0 aliphatic rings. The number of carbonyl (C=O) groups is 1. The zero-order valence-corrected chi connectivity index (χ0v) is 20.7. The van der Waals surface area contributed by atoms with E-state index < -0.39 is 5.97 Å². The molecule has 0 aliphatic heterocycles. The number of rotatable bonds is 7. The van der Waals surface area contributed by atoms with Crippen molar-refractivity contribution in [2.24, 2.45) is 10.9 Å². The summed E-state index contributed by atoms with van der Waals surface area (Å²) in [5.41, 5.74) is 3.49. The summed E-state index contributed by atoms with van der Waals surface area (Å²) in [6, 6.07) is 5.51. The summed E-state index contributed by atoms with van der Waals surface area (Å²) < 4.78 is 0. The molecule has 3 nitrogen and oxygen atoms in total. The fourth-order valence-corrected chi connectivity index (χ4v) is 2.98. The molecule has 0 saturated carbocycles. The van der Waals surface area contributed by atoms with Gasteiger partial charge in [0.25, 0.3) is 0 Å². The van der Waals surface area contributed by atoms with Crippen LogP contribution < -0.4 is 0 Å². The van der Waals surface area contributed by atoms with Gasteiger partial charge >= 0.3 is 5.97 Å². The van der Waals surface area contributed by atoms with Crippen molar-refractivity contribution in [1.82, 2.24) is 0 Å². The third-order valence-electron chi connectivity index (χ3n) is 4.15. The van der Waals surface area contributed by atoms with E-state index in [0.29, 0.717) is 10.7 Å². The lowest BCUT2D eigenvalue weighted by Gasteiger charge is -2.11. The largest absolute Gasteiger partial charge is 0.478 e. The van der Waals surface area contributed by atoms with Crippen LogP contribution in [0.25, 0.3) is 0 Å². The molecule has 1 N–H and O–H groups in total. The standard InChI is InChI=1S/C16H22ClNO2.C8H8Cl2/c1-7-13(9-14(17)8-2)12(6)18-15(10(3)4)11(5)16(19)20;1-2-6-5-7(9)3-4-8(6)10/h7-10H,2H2,1,3-6H3,(H,19,20);3-5H,2H2,1H3/b13-7+,14-9+,15-11+,18-12+;. The van der Waals surface area contributed by atoms with Gasteiger partial charge in [0.05, 0.1) is 11.3 Å². The molecule has 164 valence electrons. The maximum Gasteiger partial charge on any atom is 0.333 e. The van der Waals surface area contributed by atoms with Crippen LogP contribution in [-0.2, 0) is 11.2 Å². The van der Waals surface area contributed by atoms with Gasteiger partial charge in [-0.05, 0) is 68.5 Å². The molecule has 0 bridgehead atoms. The molecule has 0 saturated heterocycles.